The highest BCUT2D eigenvalue weighted by Gasteiger charge is 1.96. The number of aliphatic imine (C=N–C) groups is 1. The van der Waals surface area contributed by atoms with Gasteiger partial charge in [-0.1, -0.05) is 12.1 Å². The zero-order chi connectivity index (χ0) is 13.7. The van der Waals surface area contributed by atoms with E-state index in [9.17, 15) is 0 Å². The van der Waals surface area contributed by atoms with Crippen LogP contribution in [0.25, 0.3) is 0 Å². The molecule has 19 heavy (non-hydrogen) atoms. The van der Waals surface area contributed by atoms with E-state index >= 15 is 0 Å². The van der Waals surface area contributed by atoms with E-state index in [-0.39, 0.29) is 0 Å². The Morgan fingerprint density at radius 1 is 1.37 bits per heavy atom. The molecule has 0 aliphatic heterocycles. The number of aryl methyl sites for hydroxylation is 2. The van der Waals surface area contributed by atoms with Crippen LogP contribution >= 0.6 is 0 Å². The smallest absolute Gasteiger partial charge is 0.193 e. The topological polar surface area (TPSA) is 68.2 Å². The van der Waals surface area contributed by atoms with Crippen LogP contribution in [0.1, 0.15) is 11.1 Å². The lowest BCUT2D eigenvalue weighted by atomic mass is 10.2. The third-order valence-electron chi connectivity index (χ3n) is 2.66. The predicted octanol–water partition coefficient (Wildman–Crippen LogP) is 1.93. The zero-order valence-electron chi connectivity index (χ0n) is 11.3. The van der Waals surface area contributed by atoms with Crippen molar-refractivity contribution in [3.63, 3.8) is 0 Å². The van der Waals surface area contributed by atoms with E-state index in [1.165, 1.54) is 5.56 Å². The summed E-state index contributed by atoms with van der Waals surface area (Å²) in [4.78, 5) is 4.28. The molecule has 0 spiro atoms. The number of rotatable bonds is 4. The minimum absolute atomic E-state index is 0.425. The van der Waals surface area contributed by atoms with E-state index in [2.05, 4.69) is 15.4 Å². The van der Waals surface area contributed by atoms with Crippen LogP contribution in [0.5, 0.6) is 0 Å². The Kier molecular flexibility index (Phi) is 4.18. The van der Waals surface area contributed by atoms with Gasteiger partial charge in [-0.15, -0.1) is 0 Å². The molecule has 1 heterocycles. The first-order valence-electron chi connectivity index (χ1n) is 6.26. The van der Waals surface area contributed by atoms with Gasteiger partial charge in [0.2, 0.25) is 0 Å². The molecule has 5 nitrogen and oxygen atoms in total. The molecule has 5 heteroatoms. The van der Waals surface area contributed by atoms with E-state index in [1.807, 2.05) is 55.2 Å². The first-order chi connectivity index (χ1) is 9.13. The highest BCUT2D eigenvalue weighted by Crippen LogP contribution is 2.08. The maximum absolute atomic E-state index is 5.83. The zero-order valence-corrected chi connectivity index (χ0v) is 11.3. The van der Waals surface area contributed by atoms with Crippen molar-refractivity contribution < 1.29 is 0 Å². The van der Waals surface area contributed by atoms with Crippen LogP contribution in [0.4, 0.5) is 5.69 Å². The Morgan fingerprint density at radius 2 is 2.21 bits per heavy atom. The minimum Gasteiger partial charge on any atom is -0.370 e. The van der Waals surface area contributed by atoms with Crippen molar-refractivity contribution in [2.45, 2.75) is 20.4 Å². The Labute approximate surface area is 113 Å². The summed E-state index contributed by atoms with van der Waals surface area (Å²) in [6, 6.07) is 8.02. The fraction of sp³-hybridized carbons (Fsp3) is 0.286. The van der Waals surface area contributed by atoms with Crippen LogP contribution in [0.3, 0.4) is 0 Å². The lowest BCUT2D eigenvalue weighted by molar-refractivity contribution is 0.625. The first-order valence-corrected chi connectivity index (χ1v) is 6.26. The number of hydrogen-bond donors (Lipinski definition) is 2. The van der Waals surface area contributed by atoms with Crippen LogP contribution < -0.4 is 11.1 Å². The van der Waals surface area contributed by atoms with Crippen molar-refractivity contribution in [2.75, 3.05) is 11.9 Å². The van der Waals surface area contributed by atoms with Gasteiger partial charge in [0.1, 0.15) is 0 Å². The van der Waals surface area contributed by atoms with Crippen LogP contribution in [-0.4, -0.2) is 22.3 Å². The number of anilines is 1. The maximum Gasteiger partial charge on any atom is 0.193 e. The fourth-order valence-corrected chi connectivity index (χ4v) is 1.77. The molecule has 0 amide bonds. The van der Waals surface area contributed by atoms with Crippen LogP contribution in [0.2, 0.25) is 0 Å². The van der Waals surface area contributed by atoms with Gasteiger partial charge in [0.25, 0.3) is 0 Å². The molecule has 1 aromatic heterocycles. The molecule has 100 valence electrons. The predicted molar refractivity (Wildman–Crippen MR) is 78.3 cm³/mol. The number of hydrogen-bond acceptors (Lipinski definition) is 2. The van der Waals surface area contributed by atoms with Gasteiger partial charge in [-0.2, -0.15) is 5.10 Å². The van der Waals surface area contributed by atoms with Crippen molar-refractivity contribution in [3.05, 3.63) is 47.8 Å². The monoisotopic (exact) mass is 257 g/mol. The van der Waals surface area contributed by atoms with Gasteiger partial charge in [0, 0.05) is 11.9 Å². The molecule has 0 unspecified atom stereocenters. The van der Waals surface area contributed by atoms with Crippen molar-refractivity contribution >= 4 is 11.6 Å². The molecule has 2 aromatic rings. The molecular formula is C14H19N5. The number of nitrogens with zero attached hydrogens (tertiary/aromatic N) is 3. The van der Waals surface area contributed by atoms with E-state index < -0.39 is 0 Å². The van der Waals surface area contributed by atoms with Gasteiger partial charge in [0.05, 0.1) is 19.3 Å². The molecule has 0 saturated carbocycles. The molecule has 0 radical (unpaired) electrons. The highest BCUT2D eigenvalue weighted by atomic mass is 15.3. The van der Waals surface area contributed by atoms with E-state index in [0.29, 0.717) is 12.5 Å². The third-order valence-corrected chi connectivity index (χ3v) is 2.66. The van der Waals surface area contributed by atoms with Crippen molar-refractivity contribution in [3.8, 4) is 0 Å². The molecular weight excluding hydrogens is 238 g/mol. The molecule has 0 saturated heterocycles. The normalized spacial score (nSPS) is 11.6. The maximum atomic E-state index is 5.83. The molecule has 0 aliphatic carbocycles. The molecule has 0 fully saturated rings. The van der Waals surface area contributed by atoms with Crippen molar-refractivity contribution in [2.24, 2.45) is 10.7 Å². The second kappa shape index (κ2) is 6.04. The third kappa shape index (κ3) is 4.13. The lowest BCUT2D eigenvalue weighted by Gasteiger charge is -2.06. The Bertz CT molecular complexity index is 571. The number of aromatic nitrogens is 2. The van der Waals surface area contributed by atoms with Crippen LogP contribution in [0, 0.1) is 13.8 Å². The van der Waals surface area contributed by atoms with Crippen molar-refractivity contribution in [1.82, 2.24) is 9.78 Å². The molecule has 2 rings (SSSR count). The second-order valence-corrected chi connectivity index (χ2v) is 4.54. The summed E-state index contributed by atoms with van der Waals surface area (Å²) in [5, 5.41) is 7.27. The van der Waals surface area contributed by atoms with Gasteiger partial charge >= 0.3 is 0 Å². The summed E-state index contributed by atoms with van der Waals surface area (Å²) in [5.74, 6) is 0.425. The standard InChI is InChI=1S/C14H19N5/c1-11-4-3-5-13(8-11)18-14(15)16-6-7-19-10-12(2)9-17-19/h3-5,8-10H,6-7H2,1-2H3,(H3,15,16,18). The summed E-state index contributed by atoms with van der Waals surface area (Å²) in [6.07, 6.45) is 3.82. The molecule has 0 aliphatic rings. The van der Waals surface area contributed by atoms with E-state index in [1.54, 1.807) is 0 Å². The lowest BCUT2D eigenvalue weighted by Crippen LogP contribution is -2.23. The van der Waals surface area contributed by atoms with Gasteiger partial charge < -0.3 is 11.1 Å². The first kappa shape index (κ1) is 13.1. The summed E-state index contributed by atoms with van der Waals surface area (Å²) < 4.78 is 1.86. The molecule has 0 bridgehead atoms. The number of nitrogens with two attached hydrogens (primary N) is 1. The van der Waals surface area contributed by atoms with Crippen LogP contribution in [0.15, 0.2) is 41.7 Å². The molecule has 0 atom stereocenters. The fourth-order valence-electron chi connectivity index (χ4n) is 1.77. The average molecular weight is 257 g/mol. The SMILES string of the molecule is Cc1cccc(NC(N)=NCCn2cc(C)cn2)c1. The van der Waals surface area contributed by atoms with Crippen molar-refractivity contribution in [1.29, 1.82) is 0 Å². The van der Waals surface area contributed by atoms with Gasteiger partial charge in [-0.25, -0.2) is 0 Å². The Morgan fingerprint density at radius 3 is 2.89 bits per heavy atom. The summed E-state index contributed by atoms with van der Waals surface area (Å²) in [6.45, 7) is 5.38. The quantitative estimate of drug-likeness (QED) is 0.649. The number of nitrogens with one attached hydrogen (secondary N) is 1. The average Bonchev–Trinajstić information content (AvgIpc) is 2.75. The number of benzene rings is 1. The van der Waals surface area contributed by atoms with Gasteiger partial charge in [-0.3, -0.25) is 9.67 Å². The van der Waals surface area contributed by atoms with E-state index in [0.717, 1.165) is 17.8 Å². The molecule has 1 aromatic carbocycles. The Balaban J connectivity index is 1.85. The Hall–Kier alpha value is -2.30. The van der Waals surface area contributed by atoms with Gasteiger partial charge in [0.15, 0.2) is 5.96 Å². The van der Waals surface area contributed by atoms with Gasteiger partial charge in [-0.05, 0) is 37.1 Å². The van der Waals surface area contributed by atoms with E-state index in [4.69, 9.17) is 5.73 Å². The second-order valence-electron chi connectivity index (χ2n) is 4.54. The summed E-state index contributed by atoms with van der Waals surface area (Å²) in [7, 11) is 0. The van der Waals surface area contributed by atoms with Crippen LogP contribution in [-0.2, 0) is 6.54 Å². The summed E-state index contributed by atoms with van der Waals surface area (Å²) >= 11 is 0. The minimum atomic E-state index is 0.425. The largest absolute Gasteiger partial charge is 0.370 e. The highest BCUT2D eigenvalue weighted by molar-refractivity contribution is 5.92. The molecule has 3 N–H and O–H groups in total. The summed E-state index contributed by atoms with van der Waals surface area (Å²) in [5.41, 5.74) is 9.12. The number of guanidine groups is 1.